The minimum atomic E-state index is -0.700. The van der Waals surface area contributed by atoms with Crippen LogP contribution in [0.25, 0.3) is 0 Å². The molecule has 27 heavy (non-hydrogen) atoms. The molecule has 1 amide bonds. The van der Waals surface area contributed by atoms with Crippen LogP contribution < -0.4 is 15.8 Å². The van der Waals surface area contributed by atoms with Gasteiger partial charge in [-0.25, -0.2) is 9.97 Å². The number of hydrogen-bond acceptors (Lipinski definition) is 9. The third-order valence-electron chi connectivity index (χ3n) is 4.00. The fourth-order valence-corrected chi connectivity index (χ4v) is 2.74. The number of nitro benzene ring substituents is 1. The second-order valence-corrected chi connectivity index (χ2v) is 5.73. The van der Waals surface area contributed by atoms with Crippen molar-refractivity contribution in [3.8, 4) is 0 Å². The Kier molecular flexibility index (Phi) is 5.06. The summed E-state index contributed by atoms with van der Waals surface area (Å²) in [6, 6.07) is 5.10. The number of carbonyl (C=O) groups is 1. The van der Waals surface area contributed by atoms with Gasteiger partial charge in [-0.05, 0) is 18.9 Å². The van der Waals surface area contributed by atoms with Crippen LogP contribution in [-0.4, -0.2) is 38.8 Å². The molecule has 2 N–H and O–H groups in total. The Morgan fingerprint density at radius 1 is 1.11 bits per heavy atom. The van der Waals surface area contributed by atoms with E-state index in [4.69, 9.17) is 0 Å². The lowest BCUT2D eigenvalue weighted by molar-refractivity contribution is -0.384. The van der Waals surface area contributed by atoms with Crippen LogP contribution >= 0.6 is 0 Å². The maximum Gasteiger partial charge on any atom is 0.355 e. The van der Waals surface area contributed by atoms with Crippen LogP contribution in [0.4, 0.5) is 23.0 Å². The van der Waals surface area contributed by atoms with E-state index in [1.165, 1.54) is 24.5 Å². The molecule has 0 aliphatic carbocycles. The first-order valence-corrected chi connectivity index (χ1v) is 8.02. The van der Waals surface area contributed by atoms with E-state index in [2.05, 4.69) is 20.8 Å². The van der Waals surface area contributed by atoms with Crippen LogP contribution in [0, 0.1) is 20.2 Å². The first-order chi connectivity index (χ1) is 13.0. The average molecular weight is 373 g/mol. The smallest absolute Gasteiger partial charge is 0.351 e. The number of aromatic nitrogens is 2. The molecule has 140 valence electrons. The monoisotopic (exact) mass is 373 g/mol. The Labute approximate surface area is 152 Å². The summed E-state index contributed by atoms with van der Waals surface area (Å²) in [7, 11) is 0. The number of hydrazine groups is 1. The summed E-state index contributed by atoms with van der Waals surface area (Å²) in [6.45, 7) is 1.30. The molecular formula is C15H15N7O5. The number of anilines is 2. The largest absolute Gasteiger partial charge is 0.355 e. The molecular weight excluding hydrogens is 358 g/mol. The highest BCUT2D eigenvalue weighted by Crippen LogP contribution is 2.33. The highest BCUT2D eigenvalue weighted by molar-refractivity contribution is 5.95. The normalized spacial score (nSPS) is 13.3. The number of rotatable bonds is 6. The molecule has 0 bridgehead atoms. The van der Waals surface area contributed by atoms with Gasteiger partial charge in [0.05, 0.1) is 9.85 Å². The number of benzene rings is 1. The summed E-state index contributed by atoms with van der Waals surface area (Å²) in [5, 5.41) is 22.3. The molecule has 12 nitrogen and oxygen atoms in total. The van der Waals surface area contributed by atoms with Gasteiger partial charge in [-0.3, -0.25) is 35.9 Å². The SMILES string of the molecule is O=C(NNc1ncnc(N2CCCC2)c1[N+](=O)[O-])c1cccc([N+](=O)[O-])c1. The van der Waals surface area contributed by atoms with Gasteiger partial charge in [0.1, 0.15) is 6.33 Å². The molecule has 1 aliphatic rings. The first kappa shape index (κ1) is 18.0. The van der Waals surface area contributed by atoms with Crippen molar-refractivity contribution in [1.29, 1.82) is 0 Å². The van der Waals surface area contributed by atoms with Gasteiger partial charge in [-0.15, -0.1) is 0 Å². The van der Waals surface area contributed by atoms with Gasteiger partial charge in [-0.1, -0.05) is 6.07 Å². The Bertz CT molecular complexity index is 898. The molecule has 1 aromatic heterocycles. The number of amides is 1. The second kappa shape index (κ2) is 7.59. The summed E-state index contributed by atoms with van der Waals surface area (Å²) in [4.78, 5) is 42.9. The van der Waals surface area contributed by atoms with Crippen molar-refractivity contribution in [2.45, 2.75) is 12.8 Å². The zero-order valence-corrected chi connectivity index (χ0v) is 14.0. The predicted octanol–water partition coefficient (Wildman–Crippen LogP) is 1.65. The fraction of sp³-hybridized carbons (Fsp3) is 0.267. The van der Waals surface area contributed by atoms with E-state index < -0.39 is 15.8 Å². The van der Waals surface area contributed by atoms with Crippen LogP contribution in [0.3, 0.4) is 0 Å². The Morgan fingerprint density at radius 2 is 1.85 bits per heavy atom. The van der Waals surface area contributed by atoms with E-state index in [9.17, 15) is 25.0 Å². The highest BCUT2D eigenvalue weighted by Gasteiger charge is 2.28. The van der Waals surface area contributed by atoms with Crippen LogP contribution in [0.1, 0.15) is 23.2 Å². The molecule has 0 spiro atoms. The zero-order valence-electron chi connectivity index (χ0n) is 14.0. The summed E-state index contributed by atoms with van der Waals surface area (Å²) < 4.78 is 0. The van der Waals surface area contributed by atoms with E-state index in [1.54, 1.807) is 4.90 Å². The van der Waals surface area contributed by atoms with Crippen molar-refractivity contribution in [2.24, 2.45) is 0 Å². The third kappa shape index (κ3) is 3.89. The van der Waals surface area contributed by atoms with E-state index in [-0.39, 0.29) is 28.6 Å². The van der Waals surface area contributed by atoms with Crippen molar-refractivity contribution in [3.05, 3.63) is 56.4 Å². The molecule has 1 saturated heterocycles. The predicted molar refractivity (Wildman–Crippen MR) is 94.3 cm³/mol. The number of nitro groups is 2. The first-order valence-electron chi connectivity index (χ1n) is 8.02. The summed E-state index contributed by atoms with van der Waals surface area (Å²) in [6.07, 6.45) is 2.99. The van der Waals surface area contributed by atoms with Crippen molar-refractivity contribution in [3.63, 3.8) is 0 Å². The van der Waals surface area contributed by atoms with Crippen molar-refractivity contribution in [1.82, 2.24) is 15.4 Å². The Morgan fingerprint density at radius 3 is 2.52 bits per heavy atom. The lowest BCUT2D eigenvalue weighted by Gasteiger charge is -2.17. The summed E-state index contributed by atoms with van der Waals surface area (Å²) >= 11 is 0. The third-order valence-corrected chi connectivity index (χ3v) is 4.00. The number of nitrogens with one attached hydrogen (secondary N) is 2. The molecule has 3 rings (SSSR count). The maximum atomic E-state index is 12.2. The maximum absolute atomic E-state index is 12.2. The van der Waals surface area contributed by atoms with E-state index in [0.717, 1.165) is 18.9 Å². The van der Waals surface area contributed by atoms with Gasteiger partial charge in [0.15, 0.2) is 0 Å². The molecule has 2 heterocycles. The van der Waals surface area contributed by atoms with Crippen LogP contribution in [0.5, 0.6) is 0 Å². The van der Waals surface area contributed by atoms with Crippen molar-refractivity contribution in [2.75, 3.05) is 23.4 Å². The Hall–Kier alpha value is -3.83. The summed E-state index contributed by atoms with van der Waals surface area (Å²) in [5.74, 6) is -0.690. The van der Waals surface area contributed by atoms with Crippen LogP contribution in [0.15, 0.2) is 30.6 Å². The van der Waals surface area contributed by atoms with E-state index in [0.29, 0.717) is 13.1 Å². The summed E-state index contributed by atoms with van der Waals surface area (Å²) in [5.41, 5.74) is 4.12. The van der Waals surface area contributed by atoms with Gasteiger partial charge in [0.25, 0.3) is 11.6 Å². The molecule has 1 fully saturated rings. The lowest BCUT2D eigenvalue weighted by atomic mass is 10.2. The van der Waals surface area contributed by atoms with E-state index >= 15 is 0 Å². The standard InChI is InChI=1S/C15H15N7O5/c23-15(10-4-3-5-11(8-10)21(24)25)19-18-13-12(22(26)27)14(17-9-16-13)20-6-1-2-7-20/h3-5,8-9H,1-2,6-7H2,(H,19,23)(H,16,17,18). The molecule has 0 radical (unpaired) electrons. The topological polar surface area (TPSA) is 156 Å². The number of carbonyl (C=O) groups excluding carboxylic acids is 1. The molecule has 2 aromatic rings. The molecule has 12 heteroatoms. The number of non-ortho nitro benzene ring substituents is 1. The van der Waals surface area contributed by atoms with Crippen molar-refractivity contribution < 1.29 is 14.6 Å². The highest BCUT2D eigenvalue weighted by atomic mass is 16.6. The molecule has 0 unspecified atom stereocenters. The fourth-order valence-electron chi connectivity index (χ4n) is 2.74. The van der Waals surface area contributed by atoms with Crippen LogP contribution in [0.2, 0.25) is 0 Å². The zero-order chi connectivity index (χ0) is 19.4. The average Bonchev–Trinajstić information content (AvgIpc) is 3.20. The minimum absolute atomic E-state index is 0.0215. The van der Waals surface area contributed by atoms with Gasteiger partial charge in [0, 0.05) is 30.8 Å². The van der Waals surface area contributed by atoms with Crippen molar-refractivity contribution >= 4 is 28.9 Å². The lowest BCUT2D eigenvalue weighted by Crippen LogP contribution is -2.31. The second-order valence-electron chi connectivity index (χ2n) is 5.73. The molecule has 1 aromatic carbocycles. The van der Waals surface area contributed by atoms with Gasteiger partial charge in [-0.2, -0.15) is 0 Å². The Balaban J connectivity index is 1.80. The quantitative estimate of drug-likeness (QED) is 0.567. The van der Waals surface area contributed by atoms with Gasteiger partial charge in [0.2, 0.25) is 11.6 Å². The minimum Gasteiger partial charge on any atom is -0.351 e. The number of nitrogens with zero attached hydrogens (tertiary/aromatic N) is 5. The van der Waals surface area contributed by atoms with E-state index in [1.807, 2.05) is 0 Å². The molecule has 0 atom stereocenters. The van der Waals surface area contributed by atoms with Crippen LogP contribution in [-0.2, 0) is 0 Å². The molecule has 0 saturated carbocycles. The molecule has 1 aliphatic heterocycles. The van der Waals surface area contributed by atoms with Gasteiger partial charge >= 0.3 is 5.69 Å². The van der Waals surface area contributed by atoms with Gasteiger partial charge < -0.3 is 4.90 Å². The number of hydrogen-bond donors (Lipinski definition) is 2.